The second kappa shape index (κ2) is 8.16. The van der Waals surface area contributed by atoms with Crippen LogP contribution in [0.5, 0.6) is 5.75 Å². The molecule has 2 aromatic carbocycles. The number of benzene rings is 2. The predicted octanol–water partition coefficient (Wildman–Crippen LogP) is 4.68. The summed E-state index contributed by atoms with van der Waals surface area (Å²) in [4.78, 5) is 20.0. The van der Waals surface area contributed by atoms with Gasteiger partial charge in [0.25, 0.3) is 0 Å². The van der Waals surface area contributed by atoms with Crippen LogP contribution in [0.2, 0.25) is 0 Å². The molecule has 0 atom stereocenters. The summed E-state index contributed by atoms with van der Waals surface area (Å²) in [5.41, 5.74) is 11.6. The highest BCUT2D eigenvalue weighted by Gasteiger charge is 2.22. The van der Waals surface area contributed by atoms with Crippen LogP contribution in [-0.4, -0.2) is 34.7 Å². The lowest BCUT2D eigenvalue weighted by atomic mass is 9.95. The molecule has 0 unspecified atom stereocenters. The third kappa shape index (κ3) is 3.29. The van der Waals surface area contributed by atoms with Gasteiger partial charge in [0, 0.05) is 28.0 Å². The average molecular weight is 403 g/mol. The summed E-state index contributed by atoms with van der Waals surface area (Å²) in [7, 11) is 1.63. The molecular weight excluding hydrogens is 378 g/mol. The Labute approximate surface area is 174 Å². The Morgan fingerprint density at radius 3 is 2.77 bits per heavy atom. The highest BCUT2D eigenvalue weighted by Crippen LogP contribution is 2.39. The zero-order valence-electron chi connectivity index (χ0n) is 17.2. The molecular formula is C24H25N3O3. The van der Waals surface area contributed by atoms with Crippen LogP contribution >= 0.6 is 0 Å². The first-order chi connectivity index (χ1) is 14.6. The summed E-state index contributed by atoms with van der Waals surface area (Å²) in [5, 5.41) is 11.6. The quantitative estimate of drug-likeness (QED) is 0.389. The molecule has 0 aliphatic carbocycles. The van der Waals surface area contributed by atoms with E-state index in [1.165, 1.54) is 0 Å². The number of unbranched alkanes of at least 4 members (excludes halogenated alkanes) is 1. The van der Waals surface area contributed by atoms with Crippen LogP contribution in [0.15, 0.2) is 42.6 Å². The number of H-pyrrole nitrogens is 1. The SMILES string of the molecule is COc1ccc(-c2[nH]c3c(C)ccc(C(=O)O)c3c2CCCCN)c2cccnc12. The molecule has 4 rings (SSSR count). The van der Waals surface area contributed by atoms with Gasteiger partial charge < -0.3 is 20.6 Å². The lowest BCUT2D eigenvalue weighted by Gasteiger charge is -2.11. The van der Waals surface area contributed by atoms with Crippen molar-refractivity contribution in [3.63, 3.8) is 0 Å². The molecule has 2 aromatic heterocycles. The smallest absolute Gasteiger partial charge is 0.336 e. The topological polar surface area (TPSA) is 101 Å². The molecule has 0 amide bonds. The number of rotatable bonds is 7. The third-order valence-corrected chi connectivity index (χ3v) is 5.60. The fraction of sp³-hybridized carbons (Fsp3) is 0.250. The second-order valence-corrected chi connectivity index (χ2v) is 7.42. The number of carboxylic acid groups (broad SMARTS) is 1. The Morgan fingerprint density at radius 2 is 2.03 bits per heavy atom. The highest BCUT2D eigenvalue weighted by atomic mass is 16.5. The molecule has 6 nitrogen and oxygen atoms in total. The first-order valence-electron chi connectivity index (χ1n) is 10.1. The fourth-order valence-electron chi connectivity index (χ4n) is 4.14. The fourth-order valence-corrected chi connectivity index (χ4v) is 4.14. The second-order valence-electron chi connectivity index (χ2n) is 7.42. The van der Waals surface area contributed by atoms with Crippen molar-refractivity contribution in [1.82, 2.24) is 9.97 Å². The minimum atomic E-state index is -0.924. The number of aryl methyl sites for hydroxylation is 2. The molecule has 6 heteroatoms. The van der Waals surface area contributed by atoms with E-state index in [9.17, 15) is 9.90 Å². The van der Waals surface area contributed by atoms with Crippen LogP contribution in [0.3, 0.4) is 0 Å². The number of nitrogens with one attached hydrogen (secondary N) is 1. The van der Waals surface area contributed by atoms with Gasteiger partial charge in [-0.2, -0.15) is 0 Å². The zero-order valence-corrected chi connectivity index (χ0v) is 17.2. The van der Waals surface area contributed by atoms with E-state index < -0.39 is 5.97 Å². The van der Waals surface area contributed by atoms with Gasteiger partial charge in [-0.3, -0.25) is 4.98 Å². The van der Waals surface area contributed by atoms with Gasteiger partial charge in [0.1, 0.15) is 11.3 Å². The van der Waals surface area contributed by atoms with Gasteiger partial charge >= 0.3 is 5.97 Å². The maximum atomic E-state index is 12.0. The molecule has 4 N–H and O–H groups in total. The number of nitrogens with two attached hydrogens (primary N) is 1. The normalized spacial score (nSPS) is 11.3. The van der Waals surface area contributed by atoms with Crippen molar-refractivity contribution >= 4 is 27.8 Å². The maximum Gasteiger partial charge on any atom is 0.336 e. The number of hydrogen-bond donors (Lipinski definition) is 3. The molecule has 0 saturated heterocycles. The van der Waals surface area contributed by atoms with Crippen molar-refractivity contribution < 1.29 is 14.6 Å². The van der Waals surface area contributed by atoms with Gasteiger partial charge in [0.2, 0.25) is 0 Å². The number of fused-ring (bicyclic) bond motifs is 2. The van der Waals surface area contributed by atoms with Gasteiger partial charge in [-0.15, -0.1) is 0 Å². The molecule has 0 aliphatic rings. The number of aromatic amines is 1. The summed E-state index contributed by atoms with van der Waals surface area (Å²) in [5.74, 6) is -0.218. The highest BCUT2D eigenvalue weighted by molar-refractivity contribution is 6.09. The molecule has 4 aromatic rings. The summed E-state index contributed by atoms with van der Waals surface area (Å²) >= 11 is 0. The largest absolute Gasteiger partial charge is 0.494 e. The van der Waals surface area contributed by atoms with Crippen molar-refractivity contribution in [2.45, 2.75) is 26.2 Å². The molecule has 2 heterocycles. The van der Waals surface area contributed by atoms with Crippen molar-refractivity contribution in [1.29, 1.82) is 0 Å². The van der Waals surface area contributed by atoms with Crippen LogP contribution in [0.25, 0.3) is 33.1 Å². The molecule has 0 aliphatic heterocycles. The Morgan fingerprint density at radius 1 is 1.20 bits per heavy atom. The first kappa shape index (κ1) is 19.9. The van der Waals surface area contributed by atoms with Crippen molar-refractivity contribution in [2.75, 3.05) is 13.7 Å². The number of ether oxygens (including phenoxy) is 1. The number of hydrogen-bond acceptors (Lipinski definition) is 4. The lowest BCUT2D eigenvalue weighted by molar-refractivity contribution is 0.0699. The summed E-state index contributed by atoms with van der Waals surface area (Å²) < 4.78 is 5.49. The number of nitrogens with zero attached hydrogens (tertiary/aromatic N) is 1. The van der Waals surface area contributed by atoms with Crippen molar-refractivity contribution in [3.05, 3.63) is 59.3 Å². The van der Waals surface area contributed by atoms with Gasteiger partial charge in [-0.25, -0.2) is 4.79 Å². The van der Waals surface area contributed by atoms with E-state index in [4.69, 9.17) is 10.5 Å². The number of aromatic carboxylic acids is 1. The number of aromatic nitrogens is 2. The van der Waals surface area contributed by atoms with E-state index in [0.717, 1.165) is 63.5 Å². The molecule has 0 bridgehead atoms. The molecule has 154 valence electrons. The summed E-state index contributed by atoms with van der Waals surface area (Å²) in [6, 6.07) is 11.4. The maximum absolute atomic E-state index is 12.0. The van der Waals surface area contributed by atoms with Crippen molar-refractivity contribution in [2.24, 2.45) is 5.73 Å². The molecule has 0 saturated carbocycles. The molecule has 0 spiro atoms. The standard InChI is InChI=1S/C24H25N3O3/c1-14-8-9-18(24(28)29)20-17(6-3-4-12-25)22(27-21(14)20)16-10-11-19(30-2)23-15(16)7-5-13-26-23/h5,7-11,13,27H,3-4,6,12,25H2,1-2H3,(H,28,29). The number of carboxylic acids is 1. The van der Waals surface area contributed by atoms with E-state index >= 15 is 0 Å². The van der Waals surface area contributed by atoms with E-state index in [-0.39, 0.29) is 0 Å². The van der Waals surface area contributed by atoms with Crippen LogP contribution < -0.4 is 10.5 Å². The van der Waals surface area contributed by atoms with Gasteiger partial charge in [0.05, 0.1) is 18.4 Å². The van der Waals surface area contributed by atoms with Gasteiger partial charge in [-0.1, -0.05) is 12.1 Å². The van der Waals surface area contributed by atoms with Crippen LogP contribution in [-0.2, 0) is 6.42 Å². The monoisotopic (exact) mass is 403 g/mol. The van der Waals surface area contributed by atoms with Crippen molar-refractivity contribution in [3.8, 4) is 17.0 Å². The Hall–Kier alpha value is -3.38. The van der Waals surface area contributed by atoms with Crippen LogP contribution in [0.1, 0.15) is 34.3 Å². The predicted molar refractivity (Wildman–Crippen MR) is 119 cm³/mol. The number of pyridine rings is 1. The van der Waals surface area contributed by atoms with E-state index in [0.29, 0.717) is 17.9 Å². The Balaban J connectivity index is 2.05. The van der Waals surface area contributed by atoms with E-state index in [1.54, 1.807) is 19.4 Å². The summed E-state index contributed by atoms with van der Waals surface area (Å²) in [6.45, 7) is 2.60. The number of methoxy groups -OCH3 is 1. The van der Waals surface area contributed by atoms with E-state index in [2.05, 4.69) is 9.97 Å². The summed E-state index contributed by atoms with van der Waals surface area (Å²) in [6.07, 6.45) is 4.25. The minimum Gasteiger partial charge on any atom is -0.494 e. The van der Waals surface area contributed by atoms with Gasteiger partial charge in [-0.05, 0) is 68.1 Å². The Bertz CT molecular complexity index is 1240. The Kier molecular flexibility index (Phi) is 5.42. The first-order valence-corrected chi connectivity index (χ1v) is 10.1. The van der Waals surface area contributed by atoms with Gasteiger partial charge in [0.15, 0.2) is 0 Å². The number of carbonyl (C=O) groups is 1. The third-order valence-electron chi connectivity index (χ3n) is 5.60. The minimum absolute atomic E-state index is 0.316. The molecule has 0 fully saturated rings. The average Bonchev–Trinajstić information content (AvgIpc) is 3.13. The van der Waals surface area contributed by atoms with E-state index in [1.807, 2.05) is 37.3 Å². The zero-order chi connectivity index (χ0) is 21.3. The van der Waals surface area contributed by atoms with Crippen LogP contribution in [0.4, 0.5) is 0 Å². The molecule has 30 heavy (non-hydrogen) atoms. The van der Waals surface area contributed by atoms with Crippen LogP contribution in [0, 0.1) is 6.92 Å². The molecule has 0 radical (unpaired) electrons. The lowest BCUT2D eigenvalue weighted by Crippen LogP contribution is -2.01.